The summed E-state index contributed by atoms with van der Waals surface area (Å²) in [6, 6.07) is 7.82. The summed E-state index contributed by atoms with van der Waals surface area (Å²) in [5.41, 5.74) is 2.76. The monoisotopic (exact) mass is 411 g/mol. The number of ether oxygens (including phenoxy) is 1. The van der Waals surface area contributed by atoms with Gasteiger partial charge in [-0.25, -0.2) is 4.98 Å². The van der Waals surface area contributed by atoms with Crippen LogP contribution in [-0.4, -0.2) is 48.7 Å². The van der Waals surface area contributed by atoms with E-state index in [1.54, 1.807) is 0 Å². The molecular weight excluding hydrogens is 378 g/mol. The number of carbonyl (C=O) groups excluding carboxylic acids is 1. The Hall–Kier alpha value is -2.83. The van der Waals surface area contributed by atoms with Crippen LogP contribution in [0.25, 0.3) is 0 Å². The van der Waals surface area contributed by atoms with E-state index in [-0.39, 0.29) is 11.9 Å². The molecule has 162 valence electrons. The Labute approximate surface area is 179 Å². The van der Waals surface area contributed by atoms with Crippen molar-refractivity contribution in [2.75, 3.05) is 30.9 Å². The summed E-state index contributed by atoms with van der Waals surface area (Å²) in [5.74, 6) is 2.39. The Morgan fingerprint density at radius 2 is 1.70 bits per heavy atom. The van der Waals surface area contributed by atoms with Crippen molar-refractivity contribution in [3.63, 3.8) is 0 Å². The summed E-state index contributed by atoms with van der Waals surface area (Å²) in [5, 5.41) is 6.66. The maximum Gasteiger partial charge on any atom is 0.251 e. The Balaban J connectivity index is 1.52. The van der Waals surface area contributed by atoms with Gasteiger partial charge in [0.25, 0.3) is 5.91 Å². The van der Waals surface area contributed by atoms with Crippen molar-refractivity contribution in [1.82, 2.24) is 15.3 Å². The van der Waals surface area contributed by atoms with E-state index in [1.165, 1.54) is 0 Å². The van der Waals surface area contributed by atoms with Crippen molar-refractivity contribution in [2.45, 2.75) is 58.5 Å². The molecule has 1 aromatic heterocycles. The topological polar surface area (TPSA) is 79.4 Å². The zero-order valence-electron chi connectivity index (χ0n) is 18.7. The number of benzene rings is 1. The highest BCUT2D eigenvalue weighted by Crippen LogP contribution is 2.24. The normalized spacial score (nSPS) is 18.6. The molecule has 30 heavy (non-hydrogen) atoms. The van der Waals surface area contributed by atoms with Gasteiger partial charge in [-0.15, -0.1) is 0 Å². The highest BCUT2D eigenvalue weighted by molar-refractivity contribution is 5.94. The zero-order chi connectivity index (χ0) is 21.7. The fourth-order valence-electron chi connectivity index (χ4n) is 3.82. The second-order valence-electron chi connectivity index (χ2n) is 8.10. The van der Waals surface area contributed by atoms with Crippen molar-refractivity contribution in [3.8, 4) is 5.75 Å². The predicted molar refractivity (Wildman–Crippen MR) is 121 cm³/mol. The van der Waals surface area contributed by atoms with Gasteiger partial charge in [0.2, 0.25) is 5.95 Å². The van der Waals surface area contributed by atoms with Gasteiger partial charge < -0.3 is 20.3 Å². The molecule has 3 rings (SSSR count). The van der Waals surface area contributed by atoms with Crippen molar-refractivity contribution >= 4 is 17.7 Å². The molecule has 0 spiro atoms. The van der Waals surface area contributed by atoms with Crippen LogP contribution in [0.15, 0.2) is 24.3 Å². The van der Waals surface area contributed by atoms with Gasteiger partial charge in [-0.1, -0.05) is 0 Å². The van der Waals surface area contributed by atoms with Gasteiger partial charge in [0.05, 0.1) is 6.61 Å². The maximum absolute atomic E-state index is 12.5. The molecular formula is C23H33N5O2. The Kier molecular flexibility index (Phi) is 7.13. The molecule has 2 aromatic rings. The summed E-state index contributed by atoms with van der Waals surface area (Å²) in [6.07, 6.45) is 3.82. The minimum absolute atomic E-state index is 0.0254. The number of amides is 1. The standard InChI is InChI=1S/C23H33N5O2/c1-6-30-20-13-7-17(8-14-20)22(29)25-18-9-11-19(12-10-18)26-23-24-16(3)15(2)21(27-23)28(4)5/h7-8,13-14,18-19H,6,9-12H2,1-5H3,(H,25,29)(H,24,26,27). The minimum atomic E-state index is -0.0254. The lowest BCUT2D eigenvalue weighted by Crippen LogP contribution is -2.40. The van der Waals surface area contributed by atoms with Crippen molar-refractivity contribution in [1.29, 1.82) is 0 Å². The SMILES string of the molecule is CCOc1ccc(C(=O)NC2CCC(Nc3nc(C)c(C)c(N(C)C)n3)CC2)cc1. The number of carbonyl (C=O) groups is 1. The van der Waals surface area contributed by atoms with E-state index in [1.807, 2.05) is 64.0 Å². The number of hydrogen-bond donors (Lipinski definition) is 2. The van der Waals surface area contributed by atoms with Gasteiger partial charge >= 0.3 is 0 Å². The van der Waals surface area contributed by atoms with E-state index in [9.17, 15) is 4.79 Å². The summed E-state index contributed by atoms with van der Waals surface area (Å²) in [7, 11) is 3.99. The summed E-state index contributed by atoms with van der Waals surface area (Å²) in [4.78, 5) is 23.8. The van der Waals surface area contributed by atoms with Crippen LogP contribution in [0, 0.1) is 13.8 Å². The van der Waals surface area contributed by atoms with Crippen molar-refractivity contribution < 1.29 is 9.53 Å². The van der Waals surface area contributed by atoms with Gasteiger partial charge in [-0.3, -0.25) is 4.79 Å². The predicted octanol–water partition coefficient (Wildman–Crippen LogP) is 3.71. The van der Waals surface area contributed by atoms with Crippen LogP contribution < -0.4 is 20.3 Å². The van der Waals surface area contributed by atoms with Crippen LogP contribution in [0.4, 0.5) is 11.8 Å². The molecule has 0 saturated heterocycles. The molecule has 0 aliphatic heterocycles. The number of anilines is 2. The number of aromatic nitrogens is 2. The van der Waals surface area contributed by atoms with Gasteiger partial charge in [-0.05, 0) is 70.7 Å². The fraction of sp³-hybridized carbons (Fsp3) is 0.522. The second-order valence-corrected chi connectivity index (χ2v) is 8.10. The average Bonchev–Trinajstić information content (AvgIpc) is 2.72. The first kappa shape index (κ1) is 21.9. The van der Waals surface area contributed by atoms with Gasteiger partial charge in [0.15, 0.2) is 0 Å². The van der Waals surface area contributed by atoms with E-state index < -0.39 is 0 Å². The smallest absolute Gasteiger partial charge is 0.251 e. The van der Waals surface area contributed by atoms with Gasteiger partial charge in [0.1, 0.15) is 11.6 Å². The number of rotatable bonds is 7. The first-order valence-corrected chi connectivity index (χ1v) is 10.7. The summed E-state index contributed by atoms with van der Waals surface area (Å²) >= 11 is 0. The third kappa shape index (κ3) is 5.40. The summed E-state index contributed by atoms with van der Waals surface area (Å²) in [6.45, 7) is 6.63. The lowest BCUT2D eigenvalue weighted by Gasteiger charge is -2.30. The molecule has 0 atom stereocenters. The zero-order valence-corrected chi connectivity index (χ0v) is 18.7. The van der Waals surface area contributed by atoms with E-state index in [4.69, 9.17) is 4.74 Å². The fourth-order valence-corrected chi connectivity index (χ4v) is 3.82. The van der Waals surface area contributed by atoms with Crippen molar-refractivity contribution in [3.05, 3.63) is 41.1 Å². The highest BCUT2D eigenvalue weighted by Gasteiger charge is 2.24. The lowest BCUT2D eigenvalue weighted by atomic mass is 9.91. The lowest BCUT2D eigenvalue weighted by molar-refractivity contribution is 0.0926. The van der Waals surface area contributed by atoms with Crippen LogP contribution >= 0.6 is 0 Å². The quantitative estimate of drug-likeness (QED) is 0.723. The number of nitrogens with one attached hydrogen (secondary N) is 2. The first-order valence-electron chi connectivity index (χ1n) is 10.7. The molecule has 1 fully saturated rings. The van der Waals surface area contributed by atoms with Crippen LogP contribution in [0.1, 0.15) is 54.2 Å². The number of aryl methyl sites for hydroxylation is 1. The summed E-state index contributed by atoms with van der Waals surface area (Å²) < 4.78 is 5.43. The van der Waals surface area contributed by atoms with Crippen molar-refractivity contribution in [2.24, 2.45) is 0 Å². The van der Waals surface area contributed by atoms with E-state index in [0.717, 1.165) is 48.5 Å². The van der Waals surface area contributed by atoms with Gasteiger partial charge in [-0.2, -0.15) is 4.98 Å². The molecule has 1 aromatic carbocycles. The molecule has 1 amide bonds. The van der Waals surface area contributed by atoms with Crippen LogP contribution in [-0.2, 0) is 0 Å². The minimum Gasteiger partial charge on any atom is -0.494 e. The largest absolute Gasteiger partial charge is 0.494 e. The molecule has 0 unspecified atom stereocenters. The van der Waals surface area contributed by atoms with Crippen LogP contribution in [0.2, 0.25) is 0 Å². The van der Waals surface area contributed by atoms with Crippen LogP contribution in [0.5, 0.6) is 5.75 Å². The maximum atomic E-state index is 12.5. The van der Waals surface area contributed by atoms with Gasteiger partial charge in [0, 0.05) is 43.0 Å². The molecule has 0 radical (unpaired) electrons. The van der Waals surface area contributed by atoms with Crippen LogP contribution in [0.3, 0.4) is 0 Å². The second kappa shape index (κ2) is 9.78. The molecule has 7 nitrogen and oxygen atoms in total. The Morgan fingerprint density at radius 1 is 1.07 bits per heavy atom. The Bertz CT molecular complexity index is 859. The molecule has 1 aliphatic rings. The van der Waals surface area contributed by atoms with E-state index in [2.05, 4.69) is 20.6 Å². The number of nitrogens with zero attached hydrogens (tertiary/aromatic N) is 3. The first-order chi connectivity index (χ1) is 14.4. The molecule has 1 saturated carbocycles. The third-order valence-corrected chi connectivity index (χ3v) is 5.61. The molecule has 1 heterocycles. The molecule has 0 bridgehead atoms. The Morgan fingerprint density at radius 3 is 2.30 bits per heavy atom. The third-order valence-electron chi connectivity index (χ3n) is 5.61. The van der Waals surface area contributed by atoms with E-state index >= 15 is 0 Å². The molecule has 2 N–H and O–H groups in total. The number of hydrogen-bond acceptors (Lipinski definition) is 6. The molecule has 1 aliphatic carbocycles. The highest BCUT2D eigenvalue weighted by atomic mass is 16.5. The average molecular weight is 412 g/mol. The molecule has 7 heteroatoms. The van der Waals surface area contributed by atoms with E-state index in [0.29, 0.717) is 24.2 Å².